The van der Waals surface area contributed by atoms with Gasteiger partial charge in [0.1, 0.15) is 0 Å². The second-order valence-electron chi connectivity index (χ2n) is 4.42. The Morgan fingerprint density at radius 2 is 2.24 bits per heavy atom. The number of nitrogens with zero attached hydrogens (tertiary/aromatic N) is 1. The molecule has 0 heterocycles. The van der Waals surface area contributed by atoms with Crippen molar-refractivity contribution >= 4 is 5.69 Å². The zero-order chi connectivity index (χ0) is 12.7. The van der Waals surface area contributed by atoms with E-state index < -0.39 is 0 Å². The number of hydrogen-bond acceptors (Lipinski definition) is 2. The van der Waals surface area contributed by atoms with Crippen LogP contribution >= 0.6 is 0 Å². The largest absolute Gasteiger partial charge is 0.368 e. The number of nitrogens with one attached hydrogen (secondary N) is 1. The van der Waals surface area contributed by atoms with Crippen LogP contribution in [0.15, 0.2) is 36.9 Å². The molecule has 1 N–H and O–H groups in total. The van der Waals surface area contributed by atoms with Crippen LogP contribution in [0.25, 0.3) is 0 Å². The first-order valence-electron chi connectivity index (χ1n) is 6.34. The Labute approximate surface area is 105 Å². The number of aryl methyl sites for hydroxylation is 1. The van der Waals surface area contributed by atoms with Crippen molar-refractivity contribution in [1.29, 1.82) is 0 Å². The molecule has 0 aliphatic carbocycles. The average molecular weight is 232 g/mol. The normalized spacial score (nSPS) is 12.2. The van der Waals surface area contributed by atoms with E-state index in [2.05, 4.69) is 61.8 Å². The van der Waals surface area contributed by atoms with Crippen molar-refractivity contribution in [1.82, 2.24) is 5.32 Å². The molecule has 2 nitrogen and oxygen atoms in total. The molecule has 0 bridgehead atoms. The SMILES string of the molecule is C=CCNCC(C)N(CC)c1cccc(C)c1. The van der Waals surface area contributed by atoms with Crippen molar-refractivity contribution in [2.24, 2.45) is 0 Å². The topological polar surface area (TPSA) is 15.3 Å². The zero-order valence-corrected chi connectivity index (χ0v) is 11.2. The highest BCUT2D eigenvalue weighted by Crippen LogP contribution is 2.17. The molecule has 1 rings (SSSR count). The van der Waals surface area contributed by atoms with Gasteiger partial charge in [0.15, 0.2) is 0 Å². The number of hydrogen-bond donors (Lipinski definition) is 1. The quantitative estimate of drug-likeness (QED) is 0.574. The van der Waals surface area contributed by atoms with E-state index in [4.69, 9.17) is 0 Å². The van der Waals surface area contributed by atoms with Gasteiger partial charge in [-0.05, 0) is 38.5 Å². The summed E-state index contributed by atoms with van der Waals surface area (Å²) in [5.41, 5.74) is 2.62. The van der Waals surface area contributed by atoms with Crippen molar-refractivity contribution < 1.29 is 0 Å². The second kappa shape index (κ2) is 7.13. The first-order valence-corrected chi connectivity index (χ1v) is 6.34. The van der Waals surface area contributed by atoms with E-state index in [1.165, 1.54) is 11.3 Å². The molecular formula is C15H24N2. The van der Waals surface area contributed by atoms with Crippen LogP contribution in [0.5, 0.6) is 0 Å². The van der Waals surface area contributed by atoms with E-state index in [1.54, 1.807) is 0 Å². The van der Waals surface area contributed by atoms with Gasteiger partial charge < -0.3 is 10.2 Å². The first kappa shape index (κ1) is 13.8. The molecule has 1 unspecified atom stereocenters. The summed E-state index contributed by atoms with van der Waals surface area (Å²) < 4.78 is 0. The van der Waals surface area contributed by atoms with Crippen molar-refractivity contribution in [2.75, 3.05) is 24.5 Å². The van der Waals surface area contributed by atoms with E-state index >= 15 is 0 Å². The Hall–Kier alpha value is -1.28. The Morgan fingerprint density at radius 1 is 1.47 bits per heavy atom. The van der Waals surface area contributed by atoms with E-state index in [-0.39, 0.29) is 0 Å². The van der Waals surface area contributed by atoms with E-state index in [0.717, 1.165) is 19.6 Å². The van der Waals surface area contributed by atoms with Gasteiger partial charge in [-0.2, -0.15) is 0 Å². The summed E-state index contributed by atoms with van der Waals surface area (Å²) in [6, 6.07) is 9.17. The number of benzene rings is 1. The predicted molar refractivity (Wildman–Crippen MR) is 76.7 cm³/mol. The lowest BCUT2D eigenvalue weighted by atomic mass is 10.1. The lowest BCUT2D eigenvalue weighted by molar-refractivity contribution is 0.590. The van der Waals surface area contributed by atoms with Crippen LogP contribution in [0, 0.1) is 6.92 Å². The standard InChI is InChI=1S/C15H24N2/c1-5-10-16-12-14(4)17(6-2)15-9-7-8-13(3)11-15/h5,7-9,11,14,16H,1,6,10,12H2,2-4H3. The molecule has 0 fully saturated rings. The molecule has 17 heavy (non-hydrogen) atoms. The van der Waals surface area contributed by atoms with Crippen LogP contribution < -0.4 is 10.2 Å². The van der Waals surface area contributed by atoms with Gasteiger partial charge in [-0.3, -0.25) is 0 Å². The maximum Gasteiger partial charge on any atom is 0.0386 e. The van der Waals surface area contributed by atoms with Crippen molar-refractivity contribution in [3.8, 4) is 0 Å². The van der Waals surface area contributed by atoms with E-state index in [9.17, 15) is 0 Å². The second-order valence-corrected chi connectivity index (χ2v) is 4.42. The summed E-state index contributed by atoms with van der Waals surface area (Å²) in [5.74, 6) is 0. The van der Waals surface area contributed by atoms with Crippen LogP contribution in [-0.4, -0.2) is 25.7 Å². The highest BCUT2D eigenvalue weighted by molar-refractivity contribution is 5.49. The molecule has 94 valence electrons. The minimum absolute atomic E-state index is 0.488. The molecule has 0 saturated heterocycles. The highest BCUT2D eigenvalue weighted by atomic mass is 15.2. The molecule has 1 atom stereocenters. The van der Waals surface area contributed by atoms with E-state index in [0.29, 0.717) is 6.04 Å². The Morgan fingerprint density at radius 3 is 2.82 bits per heavy atom. The molecule has 1 aromatic rings. The molecular weight excluding hydrogens is 208 g/mol. The Bertz CT molecular complexity index is 347. The Balaban J connectivity index is 2.66. The van der Waals surface area contributed by atoms with Gasteiger partial charge in [0, 0.05) is 31.4 Å². The van der Waals surface area contributed by atoms with Crippen molar-refractivity contribution in [2.45, 2.75) is 26.8 Å². The smallest absolute Gasteiger partial charge is 0.0386 e. The molecule has 2 heteroatoms. The summed E-state index contributed by atoms with van der Waals surface area (Å²) >= 11 is 0. The van der Waals surface area contributed by atoms with Gasteiger partial charge in [-0.15, -0.1) is 6.58 Å². The fourth-order valence-electron chi connectivity index (χ4n) is 2.06. The number of anilines is 1. The summed E-state index contributed by atoms with van der Waals surface area (Å²) in [6.07, 6.45) is 1.90. The molecule has 0 saturated carbocycles. The van der Waals surface area contributed by atoms with Crippen LogP contribution in [0.1, 0.15) is 19.4 Å². The van der Waals surface area contributed by atoms with Gasteiger partial charge in [-0.25, -0.2) is 0 Å². The summed E-state index contributed by atoms with van der Waals surface area (Å²) in [7, 11) is 0. The van der Waals surface area contributed by atoms with Crippen LogP contribution in [0.2, 0.25) is 0 Å². The van der Waals surface area contributed by atoms with Gasteiger partial charge in [-0.1, -0.05) is 18.2 Å². The highest BCUT2D eigenvalue weighted by Gasteiger charge is 2.11. The summed E-state index contributed by atoms with van der Waals surface area (Å²) in [6.45, 7) is 13.2. The molecule has 0 spiro atoms. The van der Waals surface area contributed by atoms with Crippen LogP contribution in [0.3, 0.4) is 0 Å². The Kier molecular flexibility index (Phi) is 5.78. The lowest BCUT2D eigenvalue weighted by Crippen LogP contribution is -2.40. The molecule has 1 aromatic carbocycles. The van der Waals surface area contributed by atoms with E-state index in [1.807, 2.05) is 6.08 Å². The van der Waals surface area contributed by atoms with Crippen LogP contribution in [-0.2, 0) is 0 Å². The third-order valence-electron chi connectivity index (χ3n) is 2.93. The maximum atomic E-state index is 3.72. The van der Waals surface area contributed by atoms with Gasteiger partial charge in [0.25, 0.3) is 0 Å². The minimum atomic E-state index is 0.488. The van der Waals surface area contributed by atoms with Gasteiger partial charge >= 0.3 is 0 Å². The van der Waals surface area contributed by atoms with Gasteiger partial charge in [0.05, 0.1) is 0 Å². The fraction of sp³-hybridized carbons (Fsp3) is 0.467. The predicted octanol–water partition coefficient (Wildman–Crippen LogP) is 2.99. The number of likely N-dealkylation sites (N-methyl/N-ethyl adjacent to an activating group) is 1. The zero-order valence-electron chi connectivity index (χ0n) is 11.2. The first-order chi connectivity index (χ1) is 8.19. The molecule has 0 radical (unpaired) electrons. The lowest BCUT2D eigenvalue weighted by Gasteiger charge is -2.30. The van der Waals surface area contributed by atoms with Crippen molar-refractivity contribution in [3.63, 3.8) is 0 Å². The number of rotatable bonds is 7. The maximum absolute atomic E-state index is 3.72. The van der Waals surface area contributed by atoms with Crippen molar-refractivity contribution in [3.05, 3.63) is 42.5 Å². The van der Waals surface area contributed by atoms with Crippen LogP contribution in [0.4, 0.5) is 5.69 Å². The fourth-order valence-corrected chi connectivity index (χ4v) is 2.06. The third kappa shape index (κ3) is 4.23. The summed E-state index contributed by atoms with van der Waals surface area (Å²) in [5, 5.41) is 3.37. The van der Waals surface area contributed by atoms with Gasteiger partial charge in [0.2, 0.25) is 0 Å². The minimum Gasteiger partial charge on any atom is -0.368 e. The molecule has 0 amide bonds. The molecule has 0 aromatic heterocycles. The average Bonchev–Trinajstić information content (AvgIpc) is 2.30. The third-order valence-corrected chi connectivity index (χ3v) is 2.93. The summed E-state index contributed by atoms with van der Waals surface area (Å²) in [4.78, 5) is 2.42. The monoisotopic (exact) mass is 232 g/mol. The molecule has 0 aliphatic heterocycles. The molecule has 0 aliphatic rings.